The van der Waals surface area contributed by atoms with Gasteiger partial charge in [0.2, 0.25) is 0 Å². The van der Waals surface area contributed by atoms with Crippen LogP contribution >= 0.6 is 11.6 Å². The summed E-state index contributed by atoms with van der Waals surface area (Å²) in [4.78, 5) is 8.13. The highest BCUT2D eigenvalue weighted by atomic mass is 35.5. The molecule has 21 heavy (non-hydrogen) atoms. The van der Waals surface area contributed by atoms with Crippen molar-refractivity contribution >= 4 is 24.5 Å². The van der Waals surface area contributed by atoms with E-state index in [1.165, 1.54) is 0 Å². The van der Waals surface area contributed by atoms with Gasteiger partial charge in [0.05, 0.1) is 5.70 Å². The van der Waals surface area contributed by atoms with E-state index in [1.54, 1.807) is 12.3 Å². The Balaban J connectivity index is 5.65. The third-order valence-corrected chi connectivity index (χ3v) is 2.69. The summed E-state index contributed by atoms with van der Waals surface area (Å²) in [6.45, 7) is 7.56. The molecule has 5 heteroatoms. The molecule has 0 spiro atoms. The second kappa shape index (κ2) is 12.0. The van der Waals surface area contributed by atoms with Gasteiger partial charge >= 0.3 is 0 Å². The van der Waals surface area contributed by atoms with Crippen molar-refractivity contribution in [2.75, 3.05) is 13.1 Å². The molecule has 0 amide bonds. The lowest BCUT2D eigenvalue weighted by Gasteiger charge is -2.07. The molecule has 4 nitrogen and oxygen atoms in total. The second-order valence-corrected chi connectivity index (χ2v) is 4.61. The van der Waals surface area contributed by atoms with Crippen LogP contribution in [0.25, 0.3) is 0 Å². The van der Waals surface area contributed by atoms with Crippen molar-refractivity contribution in [3.63, 3.8) is 0 Å². The molecule has 0 atom stereocenters. The molecule has 0 fully saturated rings. The average Bonchev–Trinajstić information content (AvgIpc) is 2.47. The van der Waals surface area contributed by atoms with Gasteiger partial charge in [-0.05, 0) is 38.3 Å². The highest BCUT2D eigenvalue weighted by Crippen LogP contribution is 2.12. The Labute approximate surface area is 132 Å². The molecule has 3 N–H and O–H groups in total. The van der Waals surface area contributed by atoms with Crippen molar-refractivity contribution < 1.29 is 0 Å². The number of alkyl halides is 1. The Morgan fingerprint density at radius 3 is 2.62 bits per heavy atom. The first-order chi connectivity index (χ1) is 10.1. The summed E-state index contributed by atoms with van der Waals surface area (Å²) in [5.41, 5.74) is 8.99. The highest BCUT2D eigenvalue weighted by molar-refractivity contribution is 6.18. The van der Waals surface area contributed by atoms with Crippen LogP contribution in [0.3, 0.4) is 0 Å². The van der Waals surface area contributed by atoms with Gasteiger partial charge in [-0.25, -0.2) is 0 Å². The number of nitrogens with one attached hydrogen (secondary N) is 1. The van der Waals surface area contributed by atoms with Crippen LogP contribution in [-0.4, -0.2) is 26.0 Å². The van der Waals surface area contributed by atoms with Gasteiger partial charge in [-0.3, -0.25) is 9.98 Å². The minimum atomic E-state index is 0.204. The van der Waals surface area contributed by atoms with Gasteiger partial charge in [-0.15, -0.1) is 11.6 Å². The molecule has 0 aliphatic heterocycles. The van der Waals surface area contributed by atoms with Gasteiger partial charge in [0.25, 0.3) is 0 Å². The van der Waals surface area contributed by atoms with Crippen LogP contribution in [0.4, 0.5) is 0 Å². The van der Waals surface area contributed by atoms with Crippen molar-refractivity contribution in [3.8, 4) is 0 Å². The van der Waals surface area contributed by atoms with Gasteiger partial charge in [0.15, 0.2) is 0 Å². The van der Waals surface area contributed by atoms with Crippen molar-refractivity contribution in [1.29, 1.82) is 0 Å². The maximum Gasteiger partial charge on any atom is 0.113 e. The molecule has 0 unspecified atom stereocenters. The SMILES string of the molecule is C=NC(/C=C\C=C(/C)N)=C(C=NCCl)/C=C(/CCC)NC. The maximum absolute atomic E-state index is 5.62. The standard InChI is InChI=1S/C16H25ClN4/c1-5-7-15(19-3)10-14(11-21-12-17)16(20-4)9-6-8-13(2)18/h6,8-11,19H,4-5,7,12,18H2,1-3H3/b9-6-,13-8+,15-10-,16-14-,21-11?. The van der Waals surface area contributed by atoms with Gasteiger partial charge < -0.3 is 11.1 Å². The molecule has 0 aromatic rings. The number of nitrogens with two attached hydrogens (primary N) is 1. The van der Waals surface area contributed by atoms with E-state index in [9.17, 15) is 0 Å². The number of allylic oxidation sites excluding steroid dienone is 7. The molecule has 116 valence electrons. The zero-order chi connectivity index (χ0) is 16.1. The van der Waals surface area contributed by atoms with Crippen LogP contribution in [0, 0.1) is 0 Å². The molecule has 0 saturated heterocycles. The van der Waals surface area contributed by atoms with Crippen LogP contribution in [0.15, 0.2) is 57.0 Å². The van der Waals surface area contributed by atoms with Crippen molar-refractivity contribution in [2.24, 2.45) is 15.7 Å². The molecule has 0 rings (SSSR count). The lowest BCUT2D eigenvalue weighted by Crippen LogP contribution is -2.06. The van der Waals surface area contributed by atoms with Crippen LogP contribution in [0.5, 0.6) is 0 Å². The largest absolute Gasteiger partial charge is 0.402 e. The lowest BCUT2D eigenvalue weighted by atomic mass is 10.1. The Morgan fingerprint density at radius 1 is 1.43 bits per heavy atom. The van der Waals surface area contributed by atoms with Crippen LogP contribution in [-0.2, 0) is 0 Å². The summed E-state index contributed by atoms with van der Waals surface area (Å²) in [7, 11) is 1.90. The third kappa shape index (κ3) is 8.87. The normalized spacial score (nSPS) is 14.7. The van der Waals surface area contributed by atoms with Crippen molar-refractivity contribution in [2.45, 2.75) is 26.7 Å². The smallest absolute Gasteiger partial charge is 0.113 e. The van der Waals surface area contributed by atoms with Crippen LogP contribution in [0.2, 0.25) is 0 Å². The molecule has 0 radical (unpaired) electrons. The first-order valence-corrected chi connectivity index (χ1v) is 7.38. The Kier molecular flexibility index (Phi) is 10.9. The summed E-state index contributed by atoms with van der Waals surface area (Å²) >= 11 is 5.62. The predicted molar refractivity (Wildman–Crippen MR) is 94.9 cm³/mol. The van der Waals surface area contributed by atoms with E-state index < -0.39 is 0 Å². The van der Waals surface area contributed by atoms with Gasteiger partial charge in [0, 0.05) is 30.2 Å². The van der Waals surface area contributed by atoms with E-state index in [0.717, 1.165) is 29.8 Å². The minimum absolute atomic E-state index is 0.204. The summed E-state index contributed by atoms with van der Waals surface area (Å²) < 4.78 is 0. The van der Waals surface area contributed by atoms with E-state index in [2.05, 4.69) is 28.9 Å². The molecule has 0 aliphatic carbocycles. The fourth-order valence-corrected chi connectivity index (χ4v) is 1.64. The molecule has 0 aromatic heterocycles. The van der Waals surface area contributed by atoms with Gasteiger partial charge in [-0.2, -0.15) is 0 Å². The zero-order valence-corrected chi connectivity index (χ0v) is 13.8. The maximum atomic E-state index is 5.62. The average molecular weight is 309 g/mol. The highest BCUT2D eigenvalue weighted by Gasteiger charge is 2.00. The number of aliphatic imine (C=N–C) groups is 2. The fourth-order valence-electron chi connectivity index (χ4n) is 1.57. The predicted octanol–water partition coefficient (Wildman–Crippen LogP) is 3.53. The van der Waals surface area contributed by atoms with Crippen LogP contribution < -0.4 is 11.1 Å². The van der Waals surface area contributed by atoms with Gasteiger partial charge in [-0.1, -0.05) is 19.4 Å². The lowest BCUT2D eigenvalue weighted by molar-refractivity contribution is 0.815. The monoisotopic (exact) mass is 308 g/mol. The van der Waals surface area contributed by atoms with Crippen molar-refractivity contribution in [3.05, 3.63) is 47.0 Å². The van der Waals surface area contributed by atoms with Crippen LogP contribution in [0.1, 0.15) is 26.7 Å². The van der Waals surface area contributed by atoms with E-state index in [4.69, 9.17) is 17.3 Å². The molecular weight excluding hydrogens is 284 g/mol. The number of hydrogen-bond donors (Lipinski definition) is 2. The number of nitrogens with zero attached hydrogens (tertiary/aromatic N) is 2. The molecule has 0 bridgehead atoms. The Bertz CT molecular complexity index is 467. The van der Waals surface area contributed by atoms with E-state index in [-0.39, 0.29) is 6.00 Å². The summed E-state index contributed by atoms with van der Waals surface area (Å²) in [5, 5.41) is 3.18. The summed E-state index contributed by atoms with van der Waals surface area (Å²) in [6.07, 6.45) is 11.2. The fraction of sp³-hybridized carbons (Fsp3) is 0.375. The van der Waals surface area contributed by atoms with E-state index in [1.807, 2.05) is 32.2 Å². The topological polar surface area (TPSA) is 62.8 Å². The molecular formula is C16H25ClN4. The summed E-state index contributed by atoms with van der Waals surface area (Å²) in [6, 6.07) is 0.204. The van der Waals surface area contributed by atoms with Crippen molar-refractivity contribution in [1.82, 2.24) is 5.32 Å². The summed E-state index contributed by atoms with van der Waals surface area (Å²) in [5.74, 6) is 0. The third-order valence-electron chi connectivity index (χ3n) is 2.55. The molecule has 0 heterocycles. The molecule has 0 saturated carbocycles. The molecule has 0 aliphatic rings. The molecule has 0 aromatic carbocycles. The first-order valence-electron chi connectivity index (χ1n) is 6.84. The second-order valence-electron chi connectivity index (χ2n) is 4.37. The quantitative estimate of drug-likeness (QED) is 0.296. The van der Waals surface area contributed by atoms with E-state index >= 15 is 0 Å². The van der Waals surface area contributed by atoms with E-state index in [0.29, 0.717) is 5.70 Å². The Hall–Kier alpha value is -1.81. The minimum Gasteiger partial charge on any atom is -0.402 e. The zero-order valence-electron chi connectivity index (χ0n) is 13.1. The van der Waals surface area contributed by atoms with Gasteiger partial charge in [0.1, 0.15) is 6.00 Å². The number of hydrogen-bond acceptors (Lipinski definition) is 4. The Morgan fingerprint density at radius 2 is 2.14 bits per heavy atom. The first kappa shape index (κ1) is 19.2. The number of halogens is 1. The number of rotatable bonds is 9.